The molecule has 0 spiro atoms. The second-order valence-corrected chi connectivity index (χ2v) is 7.50. The standard InChI is InChI=1S/C23H16ClN5O4/c1-32-19-12-20(33-2)18(11-15(19)24)28-22(13-7-9-14(10-8-13)29(30)31)27-21-23(28)26-17-6-4-3-5-16(17)25-21/h3-12H,1-2H3. The van der Waals surface area contributed by atoms with Crippen molar-refractivity contribution < 1.29 is 14.4 Å². The van der Waals surface area contributed by atoms with Crippen molar-refractivity contribution in [2.75, 3.05) is 14.2 Å². The highest BCUT2D eigenvalue weighted by Gasteiger charge is 2.22. The smallest absolute Gasteiger partial charge is 0.269 e. The van der Waals surface area contributed by atoms with Crippen LogP contribution in [0, 0.1) is 10.1 Å². The van der Waals surface area contributed by atoms with Crippen LogP contribution in [0.2, 0.25) is 5.02 Å². The number of hydrogen-bond acceptors (Lipinski definition) is 7. The SMILES string of the molecule is COc1cc(OC)c(-n2c(-c3ccc([N+](=O)[O-])cc3)nc3nc4ccccc4nc32)cc1Cl. The molecule has 164 valence electrons. The van der Waals surface area contributed by atoms with Gasteiger partial charge in [0.25, 0.3) is 5.69 Å². The van der Waals surface area contributed by atoms with E-state index < -0.39 is 4.92 Å². The van der Waals surface area contributed by atoms with Crippen LogP contribution in [0.1, 0.15) is 0 Å². The number of fused-ring (bicyclic) bond motifs is 2. The minimum atomic E-state index is -0.450. The van der Waals surface area contributed by atoms with E-state index in [1.54, 1.807) is 28.8 Å². The Morgan fingerprint density at radius 2 is 1.58 bits per heavy atom. The van der Waals surface area contributed by atoms with E-state index in [1.165, 1.54) is 26.4 Å². The summed E-state index contributed by atoms with van der Waals surface area (Å²) < 4.78 is 12.7. The second-order valence-electron chi connectivity index (χ2n) is 7.09. The van der Waals surface area contributed by atoms with Crippen LogP contribution in [0.15, 0.2) is 60.7 Å². The highest BCUT2D eigenvalue weighted by atomic mass is 35.5. The Bertz CT molecular complexity index is 1530. The van der Waals surface area contributed by atoms with Gasteiger partial charge in [0.2, 0.25) is 0 Å². The average molecular weight is 462 g/mol. The number of halogens is 1. The van der Waals surface area contributed by atoms with Crippen LogP contribution in [0.3, 0.4) is 0 Å². The number of imidazole rings is 1. The summed E-state index contributed by atoms with van der Waals surface area (Å²) in [4.78, 5) is 24.8. The van der Waals surface area contributed by atoms with Crippen LogP contribution in [0.5, 0.6) is 11.5 Å². The first kappa shape index (κ1) is 20.7. The van der Waals surface area contributed by atoms with Gasteiger partial charge in [0.15, 0.2) is 11.3 Å². The van der Waals surface area contributed by atoms with Gasteiger partial charge >= 0.3 is 0 Å². The number of ether oxygens (including phenoxy) is 2. The van der Waals surface area contributed by atoms with Gasteiger partial charge < -0.3 is 9.47 Å². The first-order valence-corrected chi connectivity index (χ1v) is 10.2. The number of hydrogen-bond donors (Lipinski definition) is 0. The largest absolute Gasteiger partial charge is 0.495 e. The normalized spacial score (nSPS) is 11.1. The third-order valence-electron chi connectivity index (χ3n) is 5.20. The number of para-hydroxylation sites is 2. The lowest BCUT2D eigenvalue weighted by molar-refractivity contribution is -0.384. The molecular weight excluding hydrogens is 446 g/mol. The summed E-state index contributed by atoms with van der Waals surface area (Å²) in [5.74, 6) is 1.42. The van der Waals surface area contributed by atoms with Crippen molar-refractivity contribution in [3.8, 4) is 28.6 Å². The van der Waals surface area contributed by atoms with Crippen LogP contribution in [-0.2, 0) is 0 Å². The zero-order valence-electron chi connectivity index (χ0n) is 17.5. The molecule has 0 aliphatic rings. The third kappa shape index (κ3) is 3.48. The quantitative estimate of drug-likeness (QED) is 0.261. The number of benzene rings is 3. The number of aromatic nitrogens is 4. The molecule has 0 unspecified atom stereocenters. The lowest BCUT2D eigenvalue weighted by Gasteiger charge is -2.15. The summed E-state index contributed by atoms with van der Waals surface area (Å²) >= 11 is 6.45. The Morgan fingerprint density at radius 1 is 0.909 bits per heavy atom. The molecule has 0 fully saturated rings. The van der Waals surface area contributed by atoms with Gasteiger partial charge in [-0.1, -0.05) is 23.7 Å². The van der Waals surface area contributed by atoms with Gasteiger partial charge in [0, 0.05) is 23.8 Å². The van der Waals surface area contributed by atoms with Gasteiger partial charge in [0.1, 0.15) is 17.3 Å². The predicted molar refractivity (Wildman–Crippen MR) is 124 cm³/mol. The molecule has 5 aromatic rings. The fourth-order valence-electron chi connectivity index (χ4n) is 3.63. The average Bonchev–Trinajstić information content (AvgIpc) is 3.20. The molecule has 0 saturated heterocycles. The summed E-state index contributed by atoms with van der Waals surface area (Å²) in [7, 11) is 3.06. The number of nitro benzene ring substituents is 1. The van der Waals surface area contributed by atoms with Gasteiger partial charge in [-0.2, -0.15) is 0 Å². The van der Waals surface area contributed by atoms with Crippen molar-refractivity contribution in [3.63, 3.8) is 0 Å². The Balaban J connectivity index is 1.85. The molecule has 0 aliphatic heterocycles. The summed E-state index contributed by atoms with van der Waals surface area (Å²) in [5.41, 5.74) is 3.48. The van der Waals surface area contributed by atoms with Crippen LogP contribution in [0.25, 0.3) is 39.4 Å². The predicted octanol–water partition coefficient (Wildman–Crippen LogP) is 5.21. The molecule has 0 saturated carbocycles. The van der Waals surface area contributed by atoms with E-state index in [1.807, 2.05) is 24.3 Å². The van der Waals surface area contributed by atoms with Crippen molar-refractivity contribution in [1.82, 2.24) is 19.5 Å². The minimum Gasteiger partial charge on any atom is -0.495 e. The minimum absolute atomic E-state index is 0.0199. The molecule has 9 nitrogen and oxygen atoms in total. The molecule has 2 heterocycles. The fourth-order valence-corrected chi connectivity index (χ4v) is 3.87. The lowest BCUT2D eigenvalue weighted by atomic mass is 10.2. The number of nitro groups is 1. The zero-order valence-corrected chi connectivity index (χ0v) is 18.3. The zero-order chi connectivity index (χ0) is 23.1. The molecule has 0 bridgehead atoms. The monoisotopic (exact) mass is 461 g/mol. The number of non-ortho nitro benzene ring substituents is 1. The number of methoxy groups -OCH3 is 2. The van der Waals surface area contributed by atoms with E-state index in [9.17, 15) is 10.1 Å². The van der Waals surface area contributed by atoms with Crippen molar-refractivity contribution in [2.45, 2.75) is 0 Å². The van der Waals surface area contributed by atoms with E-state index in [2.05, 4.69) is 4.98 Å². The van der Waals surface area contributed by atoms with Crippen molar-refractivity contribution in [2.24, 2.45) is 0 Å². The van der Waals surface area contributed by atoms with E-state index in [4.69, 9.17) is 31.0 Å². The maximum absolute atomic E-state index is 11.1. The molecule has 5 rings (SSSR count). The molecule has 10 heteroatoms. The second kappa shape index (κ2) is 8.03. The molecule has 0 amide bonds. The van der Waals surface area contributed by atoms with E-state index >= 15 is 0 Å². The van der Waals surface area contributed by atoms with E-state index in [0.29, 0.717) is 55.9 Å². The molecule has 33 heavy (non-hydrogen) atoms. The van der Waals surface area contributed by atoms with Crippen LogP contribution in [0.4, 0.5) is 5.69 Å². The van der Waals surface area contributed by atoms with Gasteiger partial charge in [0.05, 0.1) is 40.9 Å². The van der Waals surface area contributed by atoms with Gasteiger partial charge in [-0.25, -0.2) is 15.0 Å². The maximum Gasteiger partial charge on any atom is 0.269 e. The molecular formula is C23H16ClN5O4. The van der Waals surface area contributed by atoms with Crippen molar-refractivity contribution in [3.05, 3.63) is 75.8 Å². The highest BCUT2D eigenvalue weighted by Crippen LogP contribution is 2.38. The Kier molecular flexibility index (Phi) is 5.02. The fraction of sp³-hybridized carbons (Fsp3) is 0.0870. The number of rotatable bonds is 5. The van der Waals surface area contributed by atoms with Crippen molar-refractivity contribution >= 4 is 39.6 Å². The number of nitrogens with zero attached hydrogens (tertiary/aromatic N) is 5. The Morgan fingerprint density at radius 3 is 2.21 bits per heavy atom. The molecule has 0 atom stereocenters. The van der Waals surface area contributed by atoms with Crippen LogP contribution in [-0.4, -0.2) is 38.7 Å². The lowest BCUT2D eigenvalue weighted by Crippen LogP contribution is -2.03. The van der Waals surface area contributed by atoms with Crippen molar-refractivity contribution in [1.29, 1.82) is 0 Å². The third-order valence-corrected chi connectivity index (χ3v) is 5.50. The molecule has 0 aliphatic carbocycles. The molecule has 0 radical (unpaired) electrons. The summed E-state index contributed by atoms with van der Waals surface area (Å²) in [5, 5.41) is 11.5. The van der Waals surface area contributed by atoms with Crippen LogP contribution < -0.4 is 9.47 Å². The van der Waals surface area contributed by atoms with Gasteiger partial charge in [-0.15, -0.1) is 0 Å². The Hall–Kier alpha value is -4.24. The van der Waals surface area contributed by atoms with Crippen LogP contribution >= 0.6 is 11.6 Å². The van der Waals surface area contributed by atoms with Gasteiger partial charge in [-0.3, -0.25) is 14.7 Å². The first-order chi connectivity index (χ1) is 16.0. The summed E-state index contributed by atoms with van der Waals surface area (Å²) in [6.07, 6.45) is 0. The first-order valence-electron chi connectivity index (χ1n) is 9.82. The van der Waals surface area contributed by atoms with E-state index in [0.717, 1.165) is 0 Å². The molecule has 3 aromatic carbocycles. The van der Waals surface area contributed by atoms with E-state index in [-0.39, 0.29) is 5.69 Å². The summed E-state index contributed by atoms with van der Waals surface area (Å²) in [6, 6.07) is 17.0. The molecule has 0 N–H and O–H groups in total. The topological polar surface area (TPSA) is 105 Å². The molecule has 2 aromatic heterocycles. The maximum atomic E-state index is 11.1. The Labute approximate surface area is 192 Å². The summed E-state index contributed by atoms with van der Waals surface area (Å²) in [6.45, 7) is 0. The van der Waals surface area contributed by atoms with Gasteiger partial charge in [-0.05, 0) is 30.3 Å². The highest BCUT2D eigenvalue weighted by molar-refractivity contribution is 6.32.